The number of carbonyl (C=O) groups excluding carboxylic acids is 3. The van der Waals surface area contributed by atoms with Gasteiger partial charge in [-0.05, 0) is 50.8 Å². The minimum atomic E-state index is -1.68. The number of thioether (sulfide) groups is 1. The molecule has 1 aliphatic heterocycles. The Balaban J connectivity index is 1.56. The summed E-state index contributed by atoms with van der Waals surface area (Å²) in [5.74, 6) is -1.24. The van der Waals surface area contributed by atoms with Crippen LogP contribution in [0.25, 0.3) is 0 Å². The number of benzene rings is 2. The first-order valence-corrected chi connectivity index (χ1v) is 14.3. The molecule has 3 atom stereocenters. The standard InChI is InChI=1S/C30H35N5O5S/c1-18-10-8-9-13-21(18)15-32-28(39)25-30(3,4)41-17-35(25)29(40)24(36)23(14-20-11-6-5-7-12-20)34-27(38)22-16-31-19(2)33-26(22)37/h5-13,16,23-25,36H,14-15,17H2,1-4H3,(H,32,39)(H,34,38)(H,31,33,37). The van der Waals surface area contributed by atoms with Gasteiger partial charge < -0.3 is 25.6 Å². The summed E-state index contributed by atoms with van der Waals surface area (Å²) >= 11 is 1.44. The zero-order valence-electron chi connectivity index (χ0n) is 23.5. The van der Waals surface area contributed by atoms with Crippen LogP contribution >= 0.6 is 11.8 Å². The number of aliphatic hydroxyl groups is 1. The van der Waals surface area contributed by atoms with Crippen molar-refractivity contribution in [3.63, 3.8) is 0 Å². The second kappa shape index (κ2) is 12.7. The van der Waals surface area contributed by atoms with E-state index in [4.69, 9.17) is 0 Å². The first-order valence-electron chi connectivity index (χ1n) is 13.3. The molecule has 1 aliphatic rings. The van der Waals surface area contributed by atoms with Crippen molar-refractivity contribution in [2.45, 2.75) is 63.6 Å². The Morgan fingerprint density at radius 3 is 2.49 bits per heavy atom. The van der Waals surface area contributed by atoms with Gasteiger partial charge in [-0.3, -0.25) is 19.2 Å². The smallest absolute Gasteiger partial charge is 0.263 e. The molecule has 3 amide bonds. The molecule has 3 unspecified atom stereocenters. The molecule has 10 nitrogen and oxygen atoms in total. The van der Waals surface area contributed by atoms with Crippen molar-refractivity contribution < 1.29 is 19.5 Å². The van der Waals surface area contributed by atoms with Crippen LogP contribution in [0.1, 0.15) is 46.7 Å². The number of hydrogen-bond donors (Lipinski definition) is 4. The summed E-state index contributed by atoms with van der Waals surface area (Å²) in [6.07, 6.45) is -0.408. The highest BCUT2D eigenvalue weighted by Gasteiger charge is 2.49. The third kappa shape index (κ3) is 7.04. The topological polar surface area (TPSA) is 144 Å². The Bertz CT molecular complexity index is 1480. The summed E-state index contributed by atoms with van der Waals surface area (Å²) in [6.45, 7) is 7.63. The highest BCUT2D eigenvalue weighted by atomic mass is 32.2. The van der Waals surface area contributed by atoms with Crippen LogP contribution in [0.5, 0.6) is 0 Å². The Morgan fingerprint density at radius 1 is 1.12 bits per heavy atom. The average molecular weight is 578 g/mol. The maximum Gasteiger partial charge on any atom is 0.263 e. The number of amides is 3. The lowest BCUT2D eigenvalue weighted by molar-refractivity contribution is -0.147. The molecular weight excluding hydrogens is 542 g/mol. The third-order valence-corrected chi connectivity index (χ3v) is 8.59. The monoisotopic (exact) mass is 577 g/mol. The van der Waals surface area contributed by atoms with E-state index in [-0.39, 0.29) is 23.8 Å². The molecule has 1 fully saturated rings. The minimum absolute atomic E-state index is 0.116. The van der Waals surface area contributed by atoms with Gasteiger partial charge in [0.2, 0.25) is 5.91 Å². The van der Waals surface area contributed by atoms with Gasteiger partial charge in [-0.2, -0.15) is 0 Å². The highest BCUT2D eigenvalue weighted by molar-refractivity contribution is 8.00. The first kappa shape index (κ1) is 30.0. The van der Waals surface area contributed by atoms with Gasteiger partial charge in [-0.1, -0.05) is 54.6 Å². The largest absolute Gasteiger partial charge is 0.381 e. The molecular formula is C30H35N5O5S. The molecule has 0 aliphatic carbocycles. The molecule has 3 aromatic rings. The van der Waals surface area contributed by atoms with Crippen molar-refractivity contribution in [2.24, 2.45) is 0 Å². The van der Waals surface area contributed by atoms with Crippen LogP contribution in [0.4, 0.5) is 0 Å². The van der Waals surface area contributed by atoms with Crippen molar-refractivity contribution in [1.29, 1.82) is 0 Å². The number of carbonyl (C=O) groups is 3. The van der Waals surface area contributed by atoms with Crippen LogP contribution in [0.2, 0.25) is 0 Å². The zero-order chi connectivity index (χ0) is 29.7. The Morgan fingerprint density at radius 2 is 1.80 bits per heavy atom. The molecule has 0 spiro atoms. The van der Waals surface area contributed by atoms with E-state index in [0.717, 1.165) is 22.9 Å². The predicted octanol–water partition coefficient (Wildman–Crippen LogP) is 2.09. The lowest BCUT2D eigenvalue weighted by Gasteiger charge is -2.33. The SMILES string of the molecule is Cc1ncc(C(=O)NC(Cc2ccccc2)C(O)C(=O)N2CSC(C)(C)C2C(=O)NCc2ccccc2C)c(=O)[nH]1. The number of aryl methyl sites for hydroxylation is 2. The molecule has 2 heterocycles. The Hall–Kier alpha value is -3.96. The number of rotatable bonds is 9. The number of hydrogen-bond acceptors (Lipinski definition) is 7. The summed E-state index contributed by atoms with van der Waals surface area (Å²) in [5.41, 5.74) is 1.91. The van der Waals surface area contributed by atoms with E-state index in [1.54, 1.807) is 6.92 Å². The number of nitrogens with zero attached hydrogens (tertiary/aromatic N) is 2. The van der Waals surface area contributed by atoms with Gasteiger partial charge >= 0.3 is 0 Å². The van der Waals surface area contributed by atoms with Gasteiger partial charge in [-0.25, -0.2) is 4.98 Å². The normalized spacial score (nSPS) is 17.5. The van der Waals surface area contributed by atoms with Gasteiger partial charge in [0.05, 0.1) is 11.9 Å². The number of nitrogens with one attached hydrogen (secondary N) is 3. The van der Waals surface area contributed by atoms with Gasteiger partial charge in [-0.15, -0.1) is 11.8 Å². The Kier molecular flexibility index (Phi) is 9.29. The van der Waals surface area contributed by atoms with E-state index in [9.17, 15) is 24.3 Å². The van der Waals surface area contributed by atoms with Gasteiger partial charge in [0.1, 0.15) is 17.4 Å². The maximum absolute atomic E-state index is 13.8. The van der Waals surface area contributed by atoms with Crippen molar-refractivity contribution >= 4 is 29.5 Å². The zero-order valence-corrected chi connectivity index (χ0v) is 24.3. The molecule has 1 saturated heterocycles. The molecule has 0 saturated carbocycles. The predicted molar refractivity (Wildman–Crippen MR) is 157 cm³/mol. The van der Waals surface area contributed by atoms with Crippen molar-refractivity contribution in [3.05, 3.63) is 99.2 Å². The van der Waals surface area contributed by atoms with Crippen LogP contribution < -0.4 is 16.2 Å². The van der Waals surface area contributed by atoms with Crippen LogP contribution in [0, 0.1) is 13.8 Å². The Labute approximate surface area is 243 Å². The van der Waals surface area contributed by atoms with Crippen LogP contribution in [0.3, 0.4) is 0 Å². The molecule has 0 bridgehead atoms. The van der Waals surface area contributed by atoms with E-state index < -0.39 is 40.3 Å². The molecule has 0 radical (unpaired) electrons. The molecule has 216 valence electrons. The van der Waals surface area contributed by atoms with Gasteiger partial charge in [0, 0.05) is 17.5 Å². The van der Waals surface area contributed by atoms with Crippen molar-refractivity contribution in [2.75, 3.05) is 5.88 Å². The number of aliphatic hydroxyl groups excluding tert-OH is 1. The fraction of sp³-hybridized carbons (Fsp3) is 0.367. The van der Waals surface area contributed by atoms with E-state index in [2.05, 4.69) is 20.6 Å². The fourth-order valence-corrected chi connectivity index (χ4v) is 5.98. The number of aromatic nitrogens is 2. The molecule has 2 aromatic carbocycles. The quantitative estimate of drug-likeness (QED) is 0.305. The van der Waals surface area contributed by atoms with Crippen molar-refractivity contribution in [3.8, 4) is 0 Å². The van der Waals surface area contributed by atoms with E-state index in [1.165, 1.54) is 16.7 Å². The van der Waals surface area contributed by atoms with E-state index in [1.807, 2.05) is 75.4 Å². The first-order chi connectivity index (χ1) is 19.5. The summed E-state index contributed by atoms with van der Waals surface area (Å²) in [4.78, 5) is 60.5. The second-order valence-electron chi connectivity index (χ2n) is 10.7. The van der Waals surface area contributed by atoms with E-state index >= 15 is 0 Å². The third-order valence-electron chi connectivity index (χ3n) is 7.21. The average Bonchev–Trinajstić information content (AvgIpc) is 3.26. The molecule has 41 heavy (non-hydrogen) atoms. The fourth-order valence-electron chi connectivity index (χ4n) is 4.84. The second-order valence-corrected chi connectivity index (χ2v) is 12.3. The van der Waals surface area contributed by atoms with Gasteiger partial charge in [0.25, 0.3) is 17.4 Å². The lowest BCUT2D eigenvalue weighted by Crippen LogP contribution is -2.58. The summed E-state index contributed by atoms with van der Waals surface area (Å²) < 4.78 is -0.621. The summed E-state index contributed by atoms with van der Waals surface area (Å²) in [6, 6.07) is 14.9. The minimum Gasteiger partial charge on any atom is -0.381 e. The number of H-pyrrole nitrogens is 1. The van der Waals surface area contributed by atoms with Crippen LogP contribution in [-0.4, -0.2) is 66.5 Å². The van der Waals surface area contributed by atoms with Crippen LogP contribution in [-0.2, 0) is 22.6 Å². The highest BCUT2D eigenvalue weighted by Crippen LogP contribution is 2.40. The van der Waals surface area contributed by atoms with Gasteiger partial charge in [0.15, 0.2) is 6.10 Å². The van der Waals surface area contributed by atoms with Crippen LogP contribution in [0.15, 0.2) is 65.6 Å². The van der Waals surface area contributed by atoms with E-state index in [0.29, 0.717) is 12.4 Å². The summed E-state index contributed by atoms with van der Waals surface area (Å²) in [5, 5.41) is 17.0. The molecule has 4 N–H and O–H groups in total. The molecule has 1 aromatic heterocycles. The molecule has 4 rings (SSSR count). The number of aromatic amines is 1. The van der Waals surface area contributed by atoms with Crippen molar-refractivity contribution in [1.82, 2.24) is 25.5 Å². The lowest BCUT2D eigenvalue weighted by atomic mass is 9.97. The maximum atomic E-state index is 13.8. The summed E-state index contributed by atoms with van der Waals surface area (Å²) in [7, 11) is 0. The molecule has 11 heteroatoms.